The SMILES string of the molecule is C[C@@H](c1nc2ccccc2c(=O)[nH]1)N1CCN(Cc2cccc(Cl)c2)CC1. The summed E-state index contributed by atoms with van der Waals surface area (Å²) < 4.78 is 0. The summed E-state index contributed by atoms with van der Waals surface area (Å²) in [7, 11) is 0. The fourth-order valence-electron chi connectivity index (χ4n) is 3.68. The number of aromatic nitrogens is 2. The first-order valence-corrected chi connectivity index (χ1v) is 9.68. The van der Waals surface area contributed by atoms with Crippen LogP contribution in [0.5, 0.6) is 0 Å². The summed E-state index contributed by atoms with van der Waals surface area (Å²) in [6.45, 7) is 6.87. The normalized spacial score (nSPS) is 17.3. The van der Waals surface area contributed by atoms with Gasteiger partial charge in [-0.25, -0.2) is 4.98 Å². The first-order valence-electron chi connectivity index (χ1n) is 9.30. The van der Waals surface area contributed by atoms with Gasteiger partial charge in [-0.15, -0.1) is 0 Å². The molecule has 1 aliphatic rings. The van der Waals surface area contributed by atoms with Gasteiger partial charge in [-0.1, -0.05) is 35.9 Å². The highest BCUT2D eigenvalue weighted by Crippen LogP contribution is 2.20. The van der Waals surface area contributed by atoms with Crippen LogP contribution in [0.4, 0.5) is 0 Å². The molecule has 27 heavy (non-hydrogen) atoms. The van der Waals surface area contributed by atoms with E-state index in [0.717, 1.165) is 49.1 Å². The molecule has 6 heteroatoms. The molecular formula is C21H23ClN4O. The van der Waals surface area contributed by atoms with Crippen molar-refractivity contribution >= 4 is 22.5 Å². The maximum Gasteiger partial charge on any atom is 0.258 e. The molecule has 1 atom stereocenters. The predicted molar refractivity (Wildman–Crippen MR) is 109 cm³/mol. The van der Waals surface area contributed by atoms with Gasteiger partial charge in [0.05, 0.1) is 16.9 Å². The Morgan fingerprint density at radius 3 is 2.67 bits per heavy atom. The Morgan fingerprint density at radius 1 is 1.11 bits per heavy atom. The second kappa shape index (κ2) is 7.80. The Kier molecular flexibility index (Phi) is 5.25. The minimum Gasteiger partial charge on any atom is -0.309 e. The zero-order valence-corrected chi connectivity index (χ0v) is 16.1. The number of nitrogens with one attached hydrogen (secondary N) is 1. The molecule has 1 fully saturated rings. The quantitative estimate of drug-likeness (QED) is 0.750. The molecule has 0 amide bonds. The molecule has 0 bridgehead atoms. The molecule has 1 aromatic heterocycles. The molecule has 5 nitrogen and oxygen atoms in total. The van der Waals surface area contributed by atoms with Crippen LogP contribution < -0.4 is 5.56 Å². The standard InChI is InChI=1S/C21H23ClN4O/c1-15(20-23-19-8-3-2-7-18(19)21(27)24-20)26-11-9-25(10-12-26)14-16-5-4-6-17(22)13-16/h2-8,13,15H,9-12,14H2,1H3,(H,23,24,27)/t15-/m0/s1. The number of piperazine rings is 1. The summed E-state index contributed by atoms with van der Waals surface area (Å²) in [5, 5.41) is 1.42. The fraction of sp³-hybridized carbons (Fsp3) is 0.333. The zero-order chi connectivity index (χ0) is 18.8. The minimum absolute atomic E-state index is 0.0676. The number of aromatic amines is 1. The zero-order valence-electron chi connectivity index (χ0n) is 15.4. The largest absolute Gasteiger partial charge is 0.309 e. The molecule has 3 aromatic rings. The Balaban J connectivity index is 1.43. The van der Waals surface area contributed by atoms with Crippen LogP contribution in [0.25, 0.3) is 10.9 Å². The molecule has 1 N–H and O–H groups in total. The number of hydrogen-bond acceptors (Lipinski definition) is 4. The molecule has 0 radical (unpaired) electrons. The van der Waals surface area contributed by atoms with Gasteiger partial charge in [0.25, 0.3) is 5.56 Å². The van der Waals surface area contributed by atoms with E-state index in [1.807, 2.05) is 42.5 Å². The number of benzene rings is 2. The van der Waals surface area contributed by atoms with E-state index in [2.05, 4.69) is 32.8 Å². The van der Waals surface area contributed by atoms with Crippen molar-refractivity contribution in [1.82, 2.24) is 19.8 Å². The Bertz CT molecular complexity index is 995. The first kappa shape index (κ1) is 18.2. The van der Waals surface area contributed by atoms with Crippen molar-refractivity contribution < 1.29 is 0 Å². The highest BCUT2D eigenvalue weighted by Gasteiger charge is 2.24. The number of nitrogens with zero attached hydrogens (tertiary/aromatic N) is 3. The van der Waals surface area contributed by atoms with Crippen molar-refractivity contribution in [1.29, 1.82) is 0 Å². The average Bonchev–Trinajstić information content (AvgIpc) is 2.68. The van der Waals surface area contributed by atoms with Crippen LogP contribution in [0.15, 0.2) is 53.3 Å². The smallest absolute Gasteiger partial charge is 0.258 e. The van der Waals surface area contributed by atoms with Crippen LogP contribution >= 0.6 is 11.6 Å². The third kappa shape index (κ3) is 4.05. The van der Waals surface area contributed by atoms with Crippen molar-refractivity contribution in [2.75, 3.05) is 26.2 Å². The monoisotopic (exact) mass is 382 g/mol. The Labute approximate surface area is 163 Å². The van der Waals surface area contributed by atoms with Crippen molar-refractivity contribution in [3.05, 3.63) is 75.3 Å². The molecule has 1 saturated heterocycles. The molecular weight excluding hydrogens is 360 g/mol. The minimum atomic E-state index is -0.0676. The van der Waals surface area contributed by atoms with Crippen LogP contribution in [0.1, 0.15) is 24.4 Å². The third-order valence-corrected chi connectivity index (χ3v) is 5.51. The summed E-state index contributed by atoms with van der Waals surface area (Å²) in [4.78, 5) is 24.8. The number of hydrogen-bond donors (Lipinski definition) is 1. The summed E-state index contributed by atoms with van der Waals surface area (Å²) in [5.74, 6) is 0.738. The van der Waals surface area contributed by atoms with E-state index in [1.54, 1.807) is 0 Å². The number of H-pyrrole nitrogens is 1. The first-order chi connectivity index (χ1) is 13.1. The van der Waals surface area contributed by atoms with Crippen LogP contribution in [-0.4, -0.2) is 45.9 Å². The summed E-state index contributed by atoms with van der Waals surface area (Å²) in [5.41, 5.74) is 1.93. The van der Waals surface area contributed by atoms with Crippen LogP contribution in [0, 0.1) is 0 Å². The van der Waals surface area contributed by atoms with Gasteiger partial charge in [0.2, 0.25) is 0 Å². The molecule has 1 aliphatic heterocycles. The van der Waals surface area contributed by atoms with Gasteiger partial charge in [-0.3, -0.25) is 14.6 Å². The van der Waals surface area contributed by atoms with E-state index in [4.69, 9.17) is 11.6 Å². The third-order valence-electron chi connectivity index (χ3n) is 5.28. The topological polar surface area (TPSA) is 52.2 Å². The van der Waals surface area contributed by atoms with Gasteiger partial charge in [0, 0.05) is 37.7 Å². The average molecular weight is 383 g/mol. The lowest BCUT2D eigenvalue weighted by Gasteiger charge is -2.37. The molecule has 2 heterocycles. The Morgan fingerprint density at radius 2 is 1.89 bits per heavy atom. The molecule has 0 aliphatic carbocycles. The van der Waals surface area contributed by atoms with Gasteiger partial charge in [-0.05, 0) is 36.8 Å². The van der Waals surface area contributed by atoms with Crippen molar-refractivity contribution in [2.24, 2.45) is 0 Å². The van der Waals surface area contributed by atoms with E-state index >= 15 is 0 Å². The molecule has 140 valence electrons. The van der Waals surface area contributed by atoms with E-state index in [1.165, 1.54) is 5.56 Å². The highest BCUT2D eigenvalue weighted by molar-refractivity contribution is 6.30. The second-order valence-corrected chi connectivity index (χ2v) is 7.52. The maximum absolute atomic E-state index is 12.3. The lowest BCUT2D eigenvalue weighted by atomic mass is 10.1. The number of halogens is 1. The molecule has 0 saturated carbocycles. The molecule has 2 aromatic carbocycles. The lowest BCUT2D eigenvalue weighted by Crippen LogP contribution is -2.47. The van der Waals surface area contributed by atoms with Gasteiger partial charge in [0.1, 0.15) is 5.82 Å². The van der Waals surface area contributed by atoms with Crippen molar-refractivity contribution in [3.63, 3.8) is 0 Å². The highest BCUT2D eigenvalue weighted by atomic mass is 35.5. The lowest BCUT2D eigenvalue weighted by molar-refractivity contribution is 0.0948. The van der Waals surface area contributed by atoms with E-state index in [-0.39, 0.29) is 11.6 Å². The van der Waals surface area contributed by atoms with Gasteiger partial charge >= 0.3 is 0 Å². The van der Waals surface area contributed by atoms with E-state index in [0.29, 0.717) is 5.39 Å². The fourth-order valence-corrected chi connectivity index (χ4v) is 3.89. The number of rotatable bonds is 4. The van der Waals surface area contributed by atoms with Gasteiger partial charge in [0.15, 0.2) is 0 Å². The van der Waals surface area contributed by atoms with Gasteiger partial charge < -0.3 is 4.98 Å². The second-order valence-electron chi connectivity index (χ2n) is 7.09. The van der Waals surface area contributed by atoms with Crippen LogP contribution in [-0.2, 0) is 6.54 Å². The van der Waals surface area contributed by atoms with E-state index in [9.17, 15) is 4.79 Å². The number of para-hydroxylation sites is 1. The molecule has 0 spiro atoms. The van der Waals surface area contributed by atoms with Gasteiger partial charge in [-0.2, -0.15) is 0 Å². The van der Waals surface area contributed by atoms with Crippen molar-refractivity contribution in [2.45, 2.75) is 19.5 Å². The van der Waals surface area contributed by atoms with Crippen LogP contribution in [0.3, 0.4) is 0 Å². The predicted octanol–water partition coefficient (Wildman–Crippen LogP) is 3.46. The Hall–Kier alpha value is -2.21. The van der Waals surface area contributed by atoms with Crippen molar-refractivity contribution in [3.8, 4) is 0 Å². The summed E-state index contributed by atoms with van der Waals surface area (Å²) >= 11 is 6.09. The summed E-state index contributed by atoms with van der Waals surface area (Å²) in [6, 6.07) is 15.6. The summed E-state index contributed by atoms with van der Waals surface area (Å²) in [6.07, 6.45) is 0. The molecule has 4 rings (SSSR count). The molecule has 0 unspecified atom stereocenters. The van der Waals surface area contributed by atoms with E-state index < -0.39 is 0 Å². The van der Waals surface area contributed by atoms with Crippen LogP contribution in [0.2, 0.25) is 5.02 Å². The number of fused-ring (bicyclic) bond motifs is 1. The maximum atomic E-state index is 12.3.